The number of aromatic nitrogens is 1. The molecule has 0 saturated heterocycles. The number of aryl methyl sites for hydroxylation is 2. The number of carbonyl (C=O) groups is 1. The van der Waals surface area contributed by atoms with Crippen molar-refractivity contribution in [3.8, 4) is 0 Å². The molecule has 0 saturated carbocycles. The summed E-state index contributed by atoms with van der Waals surface area (Å²) in [4.78, 5) is 12.3. The van der Waals surface area contributed by atoms with Gasteiger partial charge in [0.15, 0.2) is 0 Å². The number of furan rings is 1. The number of carbonyl (C=O) groups excluding carboxylic acids is 1. The summed E-state index contributed by atoms with van der Waals surface area (Å²) in [7, 11) is 0. The lowest BCUT2D eigenvalue weighted by molar-refractivity contribution is 0.0948. The molecular formula is C17H22N2O3. The van der Waals surface area contributed by atoms with Crippen LogP contribution in [0.2, 0.25) is 0 Å². The van der Waals surface area contributed by atoms with Crippen LogP contribution in [0.4, 0.5) is 0 Å². The van der Waals surface area contributed by atoms with Gasteiger partial charge in [-0.05, 0) is 32.3 Å². The van der Waals surface area contributed by atoms with E-state index >= 15 is 0 Å². The van der Waals surface area contributed by atoms with Gasteiger partial charge in [-0.3, -0.25) is 4.79 Å². The van der Waals surface area contributed by atoms with Crippen molar-refractivity contribution in [1.29, 1.82) is 0 Å². The third-order valence-electron chi connectivity index (χ3n) is 4.20. The normalized spacial score (nSPS) is 14.2. The van der Waals surface area contributed by atoms with E-state index in [1.807, 2.05) is 26.8 Å². The fourth-order valence-corrected chi connectivity index (χ4v) is 2.86. The Balaban J connectivity index is 1.69. The second kappa shape index (κ2) is 5.99. The maximum Gasteiger partial charge on any atom is 0.255 e. The minimum absolute atomic E-state index is 0.124. The van der Waals surface area contributed by atoms with Gasteiger partial charge >= 0.3 is 0 Å². The van der Waals surface area contributed by atoms with Crippen molar-refractivity contribution in [1.82, 2.24) is 10.5 Å². The van der Waals surface area contributed by atoms with Crippen LogP contribution in [-0.4, -0.2) is 11.1 Å². The minimum Gasteiger partial charge on any atom is -0.465 e. The van der Waals surface area contributed by atoms with E-state index in [2.05, 4.69) is 10.5 Å². The molecule has 1 amide bonds. The summed E-state index contributed by atoms with van der Waals surface area (Å²) >= 11 is 0. The van der Waals surface area contributed by atoms with Crippen LogP contribution in [0.25, 0.3) is 0 Å². The largest absolute Gasteiger partial charge is 0.465 e. The van der Waals surface area contributed by atoms with Crippen LogP contribution in [0, 0.1) is 6.92 Å². The molecule has 2 aromatic heterocycles. The highest BCUT2D eigenvalue weighted by Crippen LogP contribution is 2.25. The van der Waals surface area contributed by atoms with Crippen molar-refractivity contribution >= 4 is 5.91 Å². The molecule has 2 heterocycles. The first-order chi connectivity index (χ1) is 10.6. The van der Waals surface area contributed by atoms with E-state index in [1.54, 1.807) is 0 Å². The zero-order chi connectivity index (χ0) is 15.7. The molecule has 5 nitrogen and oxygen atoms in total. The molecule has 0 bridgehead atoms. The summed E-state index contributed by atoms with van der Waals surface area (Å²) in [6.45, 7) is 6.31. The minimum atomic E-state index is -0.124. The average molecular weight is 302 g/mol. The number of rotatable bonds is 4. The summed E-state index contributed by atoms with van der Waals surface area (Å²) in [6, 6.07) is 1.83. The van der Waals surface area contributed by atoms with E-state index in [1.165, 1.54) is 5.56 Å². The third kappa shape index (κ3) is 2.80. The number of fused-ring (bicyclic) bond motifs is 1. The SMILES string of the molecule is Cc1oc(C(C)C)cc1C(=O)NCc1noc2c1CCCC2. The van der Waals surface area contributed by atoms with E-state index in [4.69, 9.17) is 8.94 Å². The van der Waals surface area contributed by atoms with Gasteiger partial charge < -0.3 is 14.3 Å². The fraction of sp³-hybridized carbons (Fsp3) is 0.529. The monoisotopic (exact) mass is 302 g/mol. The molecule has 1 N–H and O–H groups in total. The lowest BCUT2D eigenvalue weighted by Gasteiger charge is -2.09. The van der Waals surface area contributed by atoms with Crippen LogP contribution in [0.3, 0.4) is 0 Å². The van der Waals surface area contributed by atoms with E-state index in [0.29, 0.717) is 17.9 Å². The molecule has 2 aromatic rings. The third-order valence-corrected chi connectivity index (χ3v) is 4.20. The number of hydrogen-bond donors (Lipinski definition) is 1. The summed E-state index contributed by atoms with van der Waals surface area (Å²) in [5, 5.41) is 7.03. The molecule has 0 aliphatic heterocycles. The van der Waals surface area contributed by atoms with Crippen LogP contribution >= 0.6 is 0 Å². The number of nitrogens with zero attached hydrogens (tertiary/aromatic N) is 1. The molecule has 0 radical (unpaired) electrons. The molecule has 1 aliphatic carbocycles. The summed E-state index contributed by atoms with van der Waals surface area (Å²) < 4.78 is 11.0. The average Bonchev–Trinajstić information content (AvgIpc) is 3.08. The van der Waals surface area contributed by atoms with Crippen LogP contribution in [0.15, 0.2) is 15.0 Å². The lowest BCUT2D eigenvalue weighted by Crippen LogP contribution is -2.24. The Morgan fingerprint density at radius 2 is 2.14 bits per heavy atom. The maximum absolute atomic E-state index is 12.3. The topological polar surface area (TPSA) is 68.3 Å². The van der Waals surface area contributed by atoms with Gasteiger partial charge in [0.2, 0.25) is 0 Å². The Morgan fingerprint density at radius 3 is 2.86 bits per heavy atom. The fourth-order valence-electron chi connectivity index (χ4n) is 2.86. The quantitative estimate of drug-likeness (QED) is 0.938. The van der Waals surface area contributed by atoms with Crippen molar-refractivity contribution in [2.45, 2.75) is 58.9 Å². The van der Waals surface area contributed by atoms with E-state index in [-0.39, 0.29) is 11.8 Å². The molecule has 3 rings (SSSR count). The van der Waals surface area contributed by atoms with Crippen molar-refractivity contribution in [2.75, 3.05) is 0 Å². The highest BCUT2D eigenvalue weighted by Gasteiger charge is 2.21. The lowest BCUT2D eigenvalue weighted by atomic mass is 9.96. The van der Waals surface area contributed by atoms with E-state index in [9.17, 15) is 4.79 Å². The van der Waals surface area contributed by atoms with Crippen molar-refractivity contribution in [2.24, 2.45) is 0 Å². The van der Waals surface area contributed by atoms with Gasteiger partial charge in [-0.2, -0.15) is 0 Å². The summed E-state index contributed by atoms with van der Waals surface area (Å²) in [5.74, 6) is 2.62. The molecule has 0 unspecified atom stereocenters. The Kier molecular flexibility index (Phi) is 4.05. The van der Waals surface area contributed by atoms with Gasteiger partial charge in [0.05, 0.1) is 12.1 Å². The van der Waals surface area contributed by atoms with E-state index in [0.717, 1.165) is 42.9 Å². The smallest absolute Gasteiger partial charge is 0.255 e. The predicted molar refractivity (Wildman–Crippen MR) is 81.8 cm³/mol. The van der Waals surface area contributed by atoms with Crippen molar-refractivity contribution in [3.63, 3.8) is 0 Å². The van der Waals surface area contributed by atoms with Crippen LogP contribution in [-0.2, 0) is 19.4 Å². The summed E-state index contributed by atoms with van der Waals surface area (Å²) in [5.41, 5.74) is 2.63. The standard InChI is InChI=1S/C17H22N2O3/c1-10(2)16-8-13(11(3)21-16)17(20)18-9-14-12-6-4-5-7-15(12)22-19-14/h8,10H,4-7,9H2,1-3H3,(H,18,20). The molecule has 1 aliphatic rings. The molecule has 5 heteroatoms. The molecule has 22 heavy (non-hydrogen) atoms. The zero-order valence-electron chi connectivity index (χ0n) is 13.4. The number of nitrogens with one attached hydrogen (secondary N) is 1. The molecule has 0 fully saturated rings. The Labute approximate surface area is 130 Å². The first-order valence-electron chi connectivity index (χ1n) is 7.91. The first kappa shape index (κ1) is 14.9. The van der Waals surface area contributed by atoms with Gasteiger partial charge in [-0.15, -0.1) is 0 Å². The second-order valence-electron chi connectivity index (χ2n) is 6.19. The molecule has 118 valence electrons. The van der Waals surface area contributed by atoms with Crippen molar-refractivity contribution in [3.05, 3.63) is 40.2 Å². The Morgan fingerprint density at radius 1 is 1.36 bits per heavy atom. The maximum atomic E-state index is 12.3. The van der Waals surface area contributed by atoms with Crippen molar-refractivity contribution < 1.29 is 13.7 Å². The molecule has 0 aromatic carbocycles. The van der Waals surface area contributed by atoms with Crippen LogP contribution in [0.5, 0.6) is 0 Å². The second-order valence-corrected chi connectivity index (χ2v) is 6.19. The highest BCUT2D eigenvalue weighted by molar-refractivity contribution is 5.95. The predicted octanol–water partition coefficient (Wildman–Crippen LogP) is 3.51. The van der Waals surface area contributed by atoms with Gasteiger partial charge in [0.1, 0.15) is 23.0 Å². The Hall–Kier alpha value is -2.04. The van der Waals surface area contributed by atoms with E-state index < -0.39 is 0 Å². The molecule has 0 spiro atoms. The molecule has 0 atom stereocenters. The zero-order valence-corrected chi connectivity index (χ0v) is 13.4. The Bertz CT molecular complexity index is 682. The van der Waals surface area contributed by atoms with Gasteiger partial charge in [-0.25, -0.2) is 0 Å². The summed E-state index contributed by atoms with van der Waals surface area (Å²) in [6.07, 6.45) is 4.26. The molecular weight excluding hydrogens is 280 g/mol. The highest BCUT2D eigenvalue weighted by atomic mass is 16.5. The van der Waals surface area contributed by atoms with Gasteiger partial charge in [-0.1, -0.05) is 19.0 Å². The van der Waals surface area contributed by atoms with Gasteiger partial charge in [0.25, 0.3) is 5.91 Å². The number of amides is 1. The van der Waals surface area contributed by atoms with Gasteiger partial charge in [0, 0.05) is 17.9 Å². The van der Waals surface area contributed by atoms with Crippen LogP contribution < -0.4 is 5.32 Å². The first-order valence-corrected chi connectivity index (χ1v) is 7.91. The number of hydrogen-bond acceptors (Lipinski definition) is 4. The van der Waals surface area contributed by atoms with Crippen LogP contribution in [0.1, 0.15) is 71.5 Å².